The van der Waals surface area contributed by atoms with Crippen LogP contribution >= 0.6 is 0 Å². The molecule has 0 aromatic heterocycles. The zero-order chi connectivity index (χ0) is 11.4. The van der Waals surface area contributed by atoms with Gasteiger partial charge >= 0.3 is 0 Å². The van der Waals surface area contributed by atoms with E-state index in [1.807, 2.05) is 0 Å². The Morgan fingerprint density at radius 1 is 1.20 bits per heavy atom. The lowest BCUT2D eigenvalue weighted by Crippen LogP contribution is -2.59. The molecule has 0 aromatic rings. The normalized spacial score (nSPS) is 41.1. The summed E-state index contributed by atoms with van der Waals surface area (Å²) in [6.07, 6.45) is -1.36. The molecule has 0 aliphatic carbocycles. The van der Waals surface area contributed by atoms with E-state index in [-0.39, 0.29) is 6.61 Å². The predicted molar refractivity (Wildman–Crippen MR) is 48.6 cm³/mol. The van der Waals surface area contributed by atoms with Crippen molar-refractivity contribution in [2.45, 2.75) is 30.7 Å². The minimum atomic E-state index is -1.43. The number of hydrogen-bond donors (Lipinski definition) is 4. The van der Waals surface area contributed by atoms with Crippen LogP contribution in [-0.4, -0.2) is 64.3 Å². The highest BCUT2D eigenvalue weighted by molar-refractivity contribution is 4.90. The van der Waals surface area contributed by atoms with Crippen molar-refractivity contribution in [3.8, 4) is 12.3 Å². The maximum atomic E-state index is 9.44. The zero-order valence-corrected chi connectivity index (χ0v) is 7.98. The quantitative estimate of drug-likeness (QED) is 0.389. The number of terminal acetylenes is 1. The molecule has 4 N–H and O–H groups in total. The van der Waals surface area contributed by atoms with Crippen molar-refractivity contribution in [1.29, 1.82) is 0 Å². The Labute approximate surface area is 87.1 Å². The molecule has 1 aliphatic heterocycles. The van der Waals surface area contributed by atoms with Crippen LogP contribution in [0.2, 0.25) is 0 Å². The van der Waals surface area contributed by atoms with E-state index < -0.39 is 37.3 Å². The van der Waals surface area contributed by atoms with Gasteiger partial charge in [-0.3, -0.25) is 0 Å². The lowest BCUT2D eigenvalue weighted by molar-refractivity contribution is -0.298. The van der Waals surface area contributed by atoms with Gasteiger partial charge in [0.05, 0.1) is 6.61 Å². The van der Waals surface area contributed by atoms with Crippen LogP contribution in [0.4, 0.5) is 0 Å². The third-order valence-corrected chi connectivity index (χ3v) is 2.18. The smallest absolute Gasteiger partial charge is 0.187 e. The van der Waals surface area contributed by atoms with Crippen molar-refractivity contribution in [3.63, 3.8) is 0 Å². The summed E-state index contributed by atoms with van der Waals surface area (Å²) in [5.41, 5.74) is 0. The summed E-state index contributed by atoms with van der Waals surface area (Å²) in [5, 5.41) is 37.0. The van der Waals surface area contributed by atoms with Gasteiger partial charge in [0.15, 0.2) is 6.29 Å². The summed E-state index contributed by atoms with van der Waals surface area (Å²) in [5.74, 6) is 2.17. The molecule has 1 heterocycles. The molecule has 6 nitrogen and oxygen atoms in total. The highest BCUT2D eigenvalue weighted by Crippen LogP contribution is 2.21. The molecule has 0 amide bonds. The topological polar surface area (TPSA) is 99.4 Å². The van der Waals surface area contributed by atoms with Gasteiger partial charge in [-0.2, -0.15) is 0 Å². The molecule has 15 heavy (non-hydrogen) atoms. The van der Waals surface area contributed by atoms with Crippen LogP contribution in [0.3, 0.4) is 0 Å². The maximum absolute atomic E-state index is 9.44. The summed E-state index contributed by atoms with van der Waals surface area (Å²) in [4.78, 5) is 0. The third kappa shape index (κ3) is 2.66. The van der Waals surface area contributed by atoms with Crippen molar-refractivity contribution in [3.05, 3.63) is 0 Å². The highest BCUT2D eigenvalue weighted by atomic mass is 16.7. The largest absolute Gasteiger partial charge is 0.394 e. The predicted octanol–water partition coefficient (Wildman–Crippen LogP) is -2.56. The second-order valence-electron chi connectivity index (χ2n) is 3.21. The van der Waals surface area contributed by atoms with Gasteiger partial charge in [-0.15, -0.1) is 6.42 Å². The van der Waals surface area contributed by atoms with Crippen LogP contribution in [0.5, 0.6) is 0 Å². The van der Waals surface area contributed by atoms with E-state index in [4.69, 9.17) is 21.0 Å². The van der Waals surface area contributed by atoms with Crippen molar-refractivity contribution < 1.29 is 29.9 Å². The standard InChI is InChI=1S/C9H14O6/c1-2-3-14-9-8(13)7(12)6(11)5(4-10)15-9/h1,5-13H,3-4H2/t5-,6-,7-,8-,9-/m0/s1. The summed E-state index contributed by atoms with van der Waals surface area (Å²) in [6, 6.07) is 0. The molecule has 1 rings (SSSR count). The molecule has 1 aliphatic rings. The lowest BCUT2D eigenvalue weighted by atomic mass is 9.99. The summed E-state index contributed by atoms with van der Waals surface area (Å²) < 4.78 is 9.91. The first kappa shape index (κ1) is 12.4. The molecular weight excluding hydrogens is 204 g/mol. The van der Waals surface area contributed by atoms with Crippen LogP contribution in [0.1, 0.15) is 0 Å². The Kier molecular flexibility index (Phi) is 4.47. The average Bonchev–Trinajstić information content (AvgIpc) is 2.25. The molecule has 0 unspecified atom stereocenters. The van der Waals surface area contributed by atoms with E-state index in [2.05, 4.69) is 5.92 Å². The van der Waals surface area contributed by atoms with Gasteiger partial charge in [0, 0.05) is 0 Å². The number of ether oxygens (including phenoxy) is 2. The van der Waals surface area contributed by atoms with Crippen molar-refractivity contribution >= 4 is 0 Å². The van der Waals surface area contributed by atoms with E-state index >= 15 is 0 Å². The van der Waals surface area contributed by atoms with Crippen molar-refractivity contribution in [2.24, 2.45) is 0 Å². The molecule has 0 aromatic carbocycles. The summed E-state index contributed by atoms with van der Waals surface area (Å²) >= 11 is 0. The van der Waals surface area contributed by atoms with Crippen LogP contribution in [0, 0.1) is 12.3 Å². The van der Waals surface area contributed by atoms with E-state index in [0.717, 1.165) is 0 Å². The van der Waals surface area contributed by atoms with Gasteiger partial charge in [-0.1, -0.05) is 5.92 Å². The molecule has 6 heteroatoms. The van der Waals surface area contributed by atoms with Crippen molar-refractivity contribution in [1.82, 2.24) is 0 Å². The van der Waals surface area contributed by atoms with Gasteiger partial charge in [0.2, 0.25) is 0 Å². The molecule has 86 valence electrons. The lowest BCUT2D eigenvalue weighted by Gasteiger charge is -2.39. The molecule has 0 radical (unpaired) electrons. The SMILES string of the molecule is C#CCO[C@H]1O[C@@H](CO)[C@H](O)[C@H](O)[C@@H]1O. The second-order valence-corrected chi connectivity index (χ2v) is 3.21. The second kappa shape index (κ2) is 5.42. The molecule has 0 bridgehead atoms. The van der Waals surface area contributed by atoms with Crippen LogP contribution in [0.15, 0.2) is 0 Å². The molecular formula is C9H14O6. The molecule has 0 saturated carbocycles. The number of rotatable bonds is 3. The fourth-order valence-corrected chi connectivity index (χ4v) is 1.34. The first-order chi connectivity index (χ1) is 7.11. The monoisotopic (exact) mass is 218 g/mol. The minimum Gasteiger partial charge on any atom is -0.394 e. The fourth-order valence-electron chi connectivity index (χ4n) is 1.34. The van der Waals surface area contributed by atoms with E-state index in [1.165, 1.54) is 0 Å². The molecule has 5 atom stereocenters. The van der Waals surface area contributed by atoms with Crippen LogP contribution < -0.4 is 0 Å². The fraction of sp³-hybridized carbons (Fsp3) is 0.778. The van der Waals surface area contributed by atoms with Gasteiger partial charge in [-0.05, 0) is 0 Å². The Hall–Kier alpha value is -0.680. The Morgan fingerprint density at radius 3 is 2.40 bits per heavy atom. The summed E-state index contributed by atoms with van der Waals surface area (Å²) in [6.45, 7) is -0.580. The van der Waals surface area contributed by atoms with E-state index in [1.54, 1.807) is 0 Å². The van der Waals surface area contributed by atoms with E-state index in [9.17, 15) is 15.3 Å². The molecule has 0 spiro atoms. The highest BCUT2D eigenvalue weighted by Gasteiger charge is 2.43. The zero-order valence-electron chi connectivity index (χ0n) is 7.98. The summed E-state index contributed by atoms with van der Waals surface area (Å²) in [7, 11) is 0. The first-order valence-electron chi connectivity index (χ1n) is 4.47. The minimum absolute atomic E-state index is 0.0946. The van der Waals surface area contributed by atoms with Gasteiger partial charge in [0.25, 0.3) is 0 Å². The molecule has 1 saturated heterocycles. The average molecular weight is 218 g/mol. The Morgan fingerprint density at radius 2 is 1.87 bits per heavy atom. The van der Waals surface area contributed by atoms with Crippen LogP contribution in [-0.2, 0) is 9.47 Å². The Balaban J connectivity index is 2.62. The Bertz CT molecular complexity index is 235. The number of aliphatic hydroxyl groups excluding tert-OH is 4. The first-order valence-corrected chi connectivity index (χ1v) is 4.47. The number of aliphatic hydroxyl groups is 4. The third-order valence-electron chi connectivity index (χ3n) is 2.18. The van der Waals surface area contributed by atoms with Gasteiger partial charge < -0.3 is 29.9 Å². The van der Waals surface area contributed by atoms with Crippen molar-refractivity contribution in [2.75, 3.05) is 13.2 Å². The van der Waals surface area contributed by atoms with Gasteiger partial charge in [0.1, 0.15) is 31.0 Å². The molecule has 1 fully saturated rings. The van der Waals surface area contributed by atoms with Gasteiger partial charge in [-0.25, -0.2) is 0 Å². The maximum Gasteiger partial charge on any atom is 0.187 e. The number of hydrogen-bond acceptors (Lipinski definition) is 6. The van der Waals surface area contributed by atoms with Crippen LogP contribution in [0.25, 0.3) is 0 Å². The van der Waals surface area contributed by atoms with E-state index in [0.29, 0.717) is 0 Å².